The molecular formula is C16H31N3O7S. The summed E-state index contributed by atoms with van der Waals surface area (Å²) in [6, 6.07) is -1.84. The fourth-order valence-electron chi connectivity index (χ4n) is 2.68. The molecule has 1 fully saturated rings. The molecule has 6 N–H and O–H groups in total. The number of carboxylic acid groups (broad SMARTS) is 2. The van der Waals surface area contributed by atoms with E-state index in [4.69, 9.17) is 10.8 Å². The van der Waals surface area contributed by atoms with Crippen LogP contribution in [0.4, 0.5) is 0 Å². The van der Waals surface area contributed by atoms with Gasteiger partial charge in [0, 0.05) is 6.54 Å². The molecule has 0 saturated carbocycles. The first-order valence-electron chi connectivity index (χ1n) is 8.64. The van der Waals surface area contributed by atoms with E-state index in [1.54, 1.807) is 20.8 Å². The minimum absolute atomic E-state index is 0.000502. The lowest BCUT2D eigenvalue weighted by molar-refractivity contribution is -0.150. The van der Waals surface area contributed by atoms with E-state index >= 15 is 0 Å². The normalized spacial score (nSPS) is 19.6. The lowest BCUT2D eigenvalue weighted by atomic mass is 9.77. The molecule has 0 radical (unpaired) electrons. The molecule has 0 aliphatic carbocycles. The summed E-state index contributed by atoms with van der Waals surface area (Å²) in [6.07, 6.45) is 1.03. The van der Waals surface area contributed by atoms with Gasteiger partial charge in [0.2, 0.25) is 15.9 Å². The first-order chi connectivity index (χ1) is 12.1. The summed E-state index contributed by atoms with van der Waals surface area (Å²) < 4.78 is 19.6. The van der Waals surface area contributed by atoms with Crippen molar-refractivity contribution in [2.75, 3.05) is 12.3 Å². The van der Waals surface area contributed by atoms with Crippen LogP contribution in [0.5, 0.6) is 0 Å². The molecule has 1 saturated heterocycles. The number of amides is 1. The standard InChI is InChI=1S/C14H24N2O5.C2H7NO2S/c1-14(2,3)8(12(18)19)7-9(15)11(17)16-6-4-5-10(16)13(20)21;1-2-6(3,4)5/h8-10H,4-7,15H2,1-3H3,(H,18,19)(H,20,21);2H2,1H3,(H2,3,4,5)/t8?,9-,10-;/m0./s1. The maximum atomic E-state index is 12.3. The molecule has 0 aromatic carbocycles. The van der Waals surface area contributed by atoms with Gasteiger partial charge < -0.3 is 20.8 Å². The van der Waals surface area contributed by atoms with Crippen molar-refractivity contribution in [3.63, 3.8) is 0 Å². The highest BCUT2D eigenvalue weighted by Crippen LogP contribution is 2.30. The van der Waals surface area contributed by atoms with Crippen molar-refractivity contribution in [3.05, 3.63) is 0 Å². The predicted molar refractivity (Wildman–Crippen MR) is 99.2 cm³/mol. The fourth-order valence-corrected chi connectivity index (χ4v) is 2.68. The molecule has 0 aromatic heterocycles. The number of primary sulfonamides is 1. The maximum Gasteiger partial charge on any atom is 0.326 e. The fraction of sp³-hybridized carbons (Fsp3) is 0.812. The van der Waals surface area contributed by atoms with Gasteiger partial charge in [0.15, 0.2) is 0 Å². The van der Waals surface area contributed by atoms with E-state index < -0.39 is 51.3 Å². The molecule has 1 unspecified atom stereocenters. The van der Waals surface area contributed by atoms with Crippen molar-refractivity contribution in [1.29, 1.82) is 0 Å². The SMILES string of the molecule is CC(C)(C)C(C[C@H](N)C(=O)N1CCC[C@H]1C(=O)O)C(=O)O.CCS(N)(=O)=O. The highest BCUT2D eigenvalue weighted by atomic mass is 32.2. The zero-order valence-corrected chi connectivity index (χ0v) is 17.0. The Hall–Kier alpha value is -1.72. The smallest absolute Gasteiger partial charge is 0.326 e. The third-order valence-electron chi connectivity index (χ3n) is 4.37. The van der Waals surface area contributed by atoms with Crippen LogP contribution in [0, 0.1) is 11.3 Å². The predicted octanol–water partition coefficient (Wildman–Crippen LogP) is -0.179. The van der Waals surface area contributed by atoms with Crippen LogP contribution in [0.2, 0.25) is 0 Å². The van der Waals surface area contributed by atoms with Crippen molar-refractivity contribution in [2.45, 2.75) is 59.0 Å². The van der Waals surface area contributed by atoms with Crippen LogP contribution in [-0.2, 0) is 24.4 Å². The zero-order valence-electron chi connectivity index (χ0n) is 16.2. The number of nitrogens with two attached hydrogens (primary N) is 2. The molecule has 1 amide bonds. The van der Waals surface area contributed by atoms with E-state index in [-0.39, 0.29) is 12.2 Å². The Morgan fingerprint density at radius 2 is 1.70 bits per heavy atom. The summed E-state index contributed by atoms with van der Waals surface area (Å²) in [6.45, 7) is 7.18. The summed E-state index contributed by atoms with van der Waals surface area (Å²) in [4.78, 5) is 36.0. The number of aliphatic carboxylic acids is 2. The number of likely N-dealkylation sites (tertiary alicyclic amines) is 1. The van der Waals surface area contributed by atoms with Gasteiger partial charge in [-0.2, -0.15) is 0 Å². The Morgan fingerprint density at radius 1 is 1.22 bits per heavy atom. The van der Waals surface area contributed by atoms with Gasteiger partial charge in [0.25, 0.3) is 0 Å². The van der Waals surface area contributed by atoms with Crippen LogP contribution >= 0.6 is 0 Å². The lowest BCUT2D eigenvalue weighted by Crippen LogP contribution is -2.50. The summed E-state index contributed by atoms with van der Waals surface area (Å²) in [5, 5.41) is 22.9. The molecule has 1 heterocycles. The number of carboxylic acids is 2. The first-order valence-corrected chi connectivity index (χ1v) is 10.4. The van der Waals surface area contributed by atoms with E-state index in [2.05, 4.69) is 5.14 Å². The molecule has 158 valence electrons. The Kier molecular flexibility index (Phi) is 9.36. The summed E-state index contributed by atoms with van der Waals surface area (Å²) in [7, 11) is -3.16. The highest BCUT2D eigenvalue weighted by molar-refractivity contribution is 7.89. The van der Waals surface area contributed by atoms with Gasteiger partial charge in [-0.15, -0.1) is 0 Å². The minimum Gasteiger partial charge on any atom is -0.481 e. The average molecular weight is 410 g/mol. The zero-order chi connectivity index (χ0) is 21.6. The van der Waals surface area contributed by atoms with Gasteiger partial charge in [0.05, 0.1) is 17.7 Å². The third kappa shape index (κ3) is 8.67. The van der Waals surface area contributed by atoms with Crippen molar-refractivity contribution >= 4 is 27.9 Å². The summed E-state index contributed by atoms with van der Waals surface area (Å²) in [5.74, 6) is -3.26. The minimum atomic E-state index is -3.16. The Labute approximate surface area is 159 Å². The number of hydrogen-bond donors (Lipinski definition) is 4. The lowest BCUT2D eigenvalue weighted by Gasteiger charge is -2.31. The Balaban J connectivity index is 0.000000972. The van der Waals surface area contributed by atoms with E-state index in [1.807, 2.05) is 0 Å². The van der Waals surface area contributed by atoms with Gasteiger partial charge in [-0.3, -0.25) is 9.59 Å². The van der Waals surface area contributed by atoms with E-state index in [0.717, 1.165) is 0 Å². The topological polar surface area (TPSA) is 181 Å². The summed E-state index contributed by atoms with van der Waals surface area (Å²) in [5.41, 5.74) is 5.32. The molecule has 1 aliphatic heterocycles. The van der Waals surface area contributed by atoms with E-state index in [0.29, 0.717) is 19.4 Å². The number of nitrogens with zero attached hydrogens (tertiary/aromatic N) is 1. The third-order valence-corrected chi connectivity index (χ3v) is 5.18. The summed E-state index contributed by atoms with van der Waals surface area (Å²) >= 11 is 0. The van der Waals surface area contributed by atoms with Crippen LogP contribution in [0.3, 0.4) is 0 Å². The van der Waals surface area contributed by atoms with Crippen LogP contribution in [0.25, 0.3) is 0 Å². The largest absolute Gasteiger partial charge is 0.481 e. The second kappa shape index (κ2) is 10.00. The van der Waals surface area contributed by atoms with Gasteiger partial charge in [-0.25, -0.2) is 18.4 Å². The van der Waals surface area contributed by atoms with Crippen molar-refractivity contribution < 1.29 is 33.0 Å². The quantitative estimate of drug-likeness (QED) is 0.466. The molecule has 27 heavy (non-hydrogen) atoms. The van der Waals surface area contributed by atoms with Crippen LogP contribution in [0.1, 0.15) is 47.0 Å². The van der Waals surface area contributed by atoms with Crippen LogP contribution < -0.4 is 10.9 Å². The Bertz CT molecular complexity index is 643. The molecular weight excluding hydrogens is 378 g/mol. The van der Waals surface area contributed by atoms with E-state index in [9.17, 15) is 27.9 Å². The molecule has 0 spiro atoms. The van der Waals surface area contributed by atoms with Crippen molar-refractivity contribution in [3.8, 4) is 0 Å². The monoisotopic (exact) mass is 409 g/mol. The maximum absolute atomic E-state index is 12.3. The Morgan fingerprint density at radius 3 is 2.04 bits per heavy atom. The number of carbonyl (C=O) groups is 3. The van der Waals surface area contributed by atoms with Crippen molar-refractivity contribution in [2.24, 2.45) is 22.2 Å². The first kappa shape index (κ1) is 25.3. The molecule has 3 atom stereocenters. The van der Waals surface area contributed by atoms with Gasteiger partial charge in [-0.05, 0) is 31.6 Å². The van der Waals surface area contributed by atoms with Crippen LogP contribution in [-0.4, -0.2) is 65.8 Å². The van der Waals surface area contributed by atoms with Crippen LogP contribution in [0.15, 0.2) is 0 Å². The highest BCUT2D eigenvalue weighted by Gasteiger charge is 2.39. The molecule has 1 rings (SSSR count). The van der Waals surface area contributed by atoms with Gasteiger partial charge in [0.1, 0.15) is 6.04 Å². The second-order valence-corrected chi connectivity index (χ2v) is 9.48. The van der Waals surface area contributed by atoms with Gasteiger partial charge >= 0.3 is 11.9 Å². The number of hydrogen-bond acceptors (Lipinski definition) is 6. The average Bonchev–Trinajstić information content (AvgIpc) is 2.99. The van der Waals surface area contributed by atoms with E-state index in [1.165, 1.54) is 11.8 Å². The molecule has 0 aromatic rings. The molecule has 0 bridgehead atoms. The second-order valence-electron chi connectivity index (χ2n) is 7.58. The van der Waals surface area contributed by atoms with Crippen molar-refractivity contribution in [1.82, 2.24) is 4.90 Å². The molecule has 10 nitrogen and oxygen atoms in total. The number of rotatable bonds is 6. The molecule has 1 aliphatic rings. The number of carbonyl (C=O) groups excluding carboxylic acids is 1. The molecule has 11 heteroatoms. The number of sulfonamides is 1. The van der Waals surface area contributed by atoms with Gasteiger partial charge in [-0.1, -0.05) is 20.8 Å².